The lowest BCUT2D eigenvalue weighted by molar-refractivity contribution is 0.0620. The van der Waals surface area contributed by atoms with Crippen molar-refractivity contribution in [3.05, 3.63) is 45.9 Å². The Morgan fingerprint density at radius 3 is 2.54 bits per heavy atom. The van der Waals surface area contributed by atoms with Gasteiger partial charge in [0.25, 0.3) is 0 Å². The Morgan fingerprint density at radius 2 is 1.83 bits per heavy atom. The van der Waals surface area contributed by atoms with Crippen molar-refractivity contribution in [1.82, 2.24) is 10.3 Å². The number of thiazole rings is 1. The molecule has 1 N–H and O–H groups in total. The number of piperazine rings is 1. The Hall–Kier alpha value is -1.14. The minimum absolute atomic E-state index is 0.0500. The molecule has 0 unspecified atom stereocenters. The van der Waals surface area contributed by atoms with Gasteiger partial charge in [-0.2, -0.15) is 0 Å². The fourth-order valence-electron chi connectivity index (χ4n) is 3.67. The van der Waals surface area contributed by atoms with Crippen molar-refractivity contribution in [2.75, 3.05) is 44.3 Å². The monoisotopic (exact) mass is 363 g/mol. The van der Waals surface area contributed by atoms with Gasteiger partial charge in [0.15, 0.2) is 5.13 Å². The first-order valence-corrected chi connectivity index (χ1v) is 9.79. The molecule has 4 rings (SSSR count). The van der Waals surface area contributed by atoms with Crippen LogP contribution >= 0.6 is 22.9 Å². The summed E-state index contributed by atoms with van der Waals surface area (Å²) in [5, 5.41) is 7.57. The summed E-state index contributed by atoms with van der Waals surface area (Å²) in [6.07, 6.45) is 1.94. The fourth-order valence-corrected chi connectivity index (χ4v) is 4.77. The zero-order valence-electron chi connectivity index (χ0n) is 13.6. The van der Waals surface area contributed by atoms with Gasteiger partial charge < -0.3 is 15.0 Å². The van der Waals surface area contributed by atoms with Crippen molar-refractivity contribution in [2.45, 2.75) is 18.3 Å². The molecule has 3 heterocycles. The van der Waals surface area contributed by atoms with Crippen LogP contribution in [0.3, 0.4) is 0 Å². The van der Waals surface area contributed by atoms with E-state index < -0.39 is 0 Å². The van der Waals surface area contributed by atoms with Gasteiger partial charge in [0.05, 0.1) is 5.69 Å². The van der Waals surface area contributed by atoms with Crippen molar-refractivity contribution >= 4 is 28.1 Å². The van der Waals surface area contributed by atoms with Crippen LogP contribution in [0.15, 0.2) is 29.6 Å². The predicted molar refractivity (Wildman–Crippen MR) is 99.5 cm³/mol. The van der Waals surface area contributed by atoms with Gasteiger partial charge >= 0.3 is 0 Å². The third-order valence-corrected chi connectivity index (χ3v) is 6.27. The summed E-state index contributed by atoms with van der Waals surface area (Å²) >= 11 is 7.86. The van der Waals surface area contributed by atoms with Crippen molar-refractivity contribution < 1.29 is 4.74 Å². The van der Waals surface area contributed by atoms with E-state index in [0.717, 1.165) is 62.4 Å². The van der Waals surface area contributed by atoms with Crippen molar-refractivity contribution in [2.24, 2.45) is 0 Å². The van der Waals surface area contributed by atoms with E-state index in [1.807, 2.05) is 12.1 Å². The van der Waals surface area contributed by atoms with Gasteiger partial charge in [0.1, 0.15) is 0 Å². The Labute approximate surface area is 151 Å². The van der Waals surface area contributed by atoms with Gasteiger partial charge in [0, 0.05) is 55.2 Å². The van der Waals surface area contributed by atoms with E-state index in [1.54, 1.807) is 11.3 Å². The fraction of sp³-hybridized carbons (Fsp3) is 0.500. The maximum Gasteiger partial charge on any atom is 0.185 e. The third-order valence-electron chi connectivity index (χ3n) is 5.11. The Balaban J connectivity index is 1.69. The topological polar surface area (TPSA) is 37.4 Å². The van der Waals surface area contributed by atoms with Gasteiger partial charge in [-0.1, -0.05) is 23.7 Å². The highest BCUT2D eigenvalue weighted by Gasteiger charge is 2.38. The maximum absolute atomic E-state index is 6.10. The van der Waals surface area contributed by atoms with Crippen LogP contribution in [0.5, 0.6) is 0 Å². The van der Waals surface area contributed by atoms with E-state index in [0.29, 0.717) is 0 Å². The predicted octanol–water partition coefficient (Wildman–Crippen LogP) is 3.30. The molecule has 2 aliphatic rings. The van der Waals surface area contributed by atoms with Crippen LogP contribution in [0.4, 0.5) is 5.13 Å². The highest BCUT2D eigenvalue weighted by atomic mass is 35.5. The lowest BCUT2D eigenvalue weighted by atomic mass is 9.72. The minimum Gasteiger partial charge on any atom is -0.381 e. The number of anilines is 1. The van der Waals surface area contributed by atoms with E-state index in [1.165, 1.54) is 11.3 Å². The molecule has 0 aliphatic carbocycles. The Bertz CT molecular complexity index is 676. The van der Waals surface area contributed by atoms with Crippen molar-refractivity contribution in [1.29, 1.82) is 0 Å². The number of nitrogens with zero attached hydrogens (tertiary/aromatic N) is 2. The first-order valence-electron chi connectivity index (χ1n) is 8.53. The molecular weight excluding hydrogens is 342 g/mol. The zero-order chi connectivity index (χ0) is 16.4. The second-order valence-corrected chi connectivity index (χ2v) is 7.73. The quantitative estimate of drug-likeness (QED) is 0.907. The molecule has 0 amide bonds. The van der Waals surface area contributed by atoms with E-state index in [9.17, 15) is 0 Å². The number of hydrogen-bond acceptors (Lipinski definition) is 5. The number of rotatable bonds is 3. The molecule has 1 aromatic heterocycles. The molecule has 2 aromatic rings. The average Bonchev–Trinajstić information content (AvgIpc) is 3.14. The van der Waals surface area contributed by atoms with Crippen LogP contribution in [0.2, 0.25) is 5.02 Å². The molecule has 128 valence electrons. The normalized spacial score (nSPS) is 21.0. The van der Waals surface area contributed by atoms with Crippen molar-refractivity contribution in [3.8, 4) is 0 Å². The molecule has 0 atom stereocenters. The van der Waals surface area contributed by atoms with Gasteiger partial charge in [-0.25, -0.2) is 4.98 Å². The van der Waals surface area contributed by atoms with Crippen LogP contribution in [0.1, 0.15) is 24.1 Å². The number of benzene rings is 1. The molecule has 2 aliphatic heterocycles. The van der Waals surface area contributed by atoms with Crippen LogP contribution in [0, 0.1) is 0 Å². The van der Waals surface area contributed by atoms with E-state index in [-0.39, 0.29) is 5.41 Å². The SMILES string of the molecule is Clc1ccc(C2(c3csc(N4CCNCC4)n3)CCOCC2)cc1. The molecule has 1 aromatic carbocycles. The highest BCUT2D eigenvalue weighted by Crippen LogP contribution is 2.42. The Morgan fingerprint density at radius 1 is 1.12 bits per heavy atom. The third kappa shape index (κ3) is 3.06. The highest BCUT2D eigenvalue weighted by molar-refractivity contribution is 7.13. The van der Waals surface area contributed by atoms with Crippen LogP contribution < -0.4 is 10.2 Å². The molecule has 4 nitrogen and oxygen atoms in total. The second kappa shape index (κ2) is 7.00. The summed E-state index contributed by atoms with van der Waals surface area (Å²) in [6, 6.07) is 8.27. The maximum atomic E-state index is 6.10. The molecule has 0 radical (unpaired) electrons. The lowest BCUT2D eigenvalue weighted by Crippen LogP contribution is -2.43. The second-order valence-electron chi connectivity index (χ2n) is 6.45. The zero-order valence-corrected chi connectivity index (χ0v) is 15.2. The summed E-state index contributed by atoms with van der Waals surface area (Å²) in [6.45, 7) is 5.69. The van der Waals surface area contributed by atoms with E-state index in [4.69, 9.17) is 21.3 Å². The number of ether oxygens (including phenoxy) is 1. The van der Waals surface area contributed by atoms with Crippen LogP contribution in [-0.4, -0.2) is 44.4 Å². The summed E-state index contributed by atoms with van der Waals surface area (Å²) < 4.78 is 5.65. The number of hydrogen-bond donors (Lipinski definition) is 1. The lowest BCUT2D eigenvalue weighted by Gasteiger charge is -2.36. The van der Waals surface area contributed by atoms with E-state index >= 15 is 0 Å². The first kappa shape index (κ1) is 16.3. The van der Waals surface area contributed by atoms with Gasteiger partial charge in [-0.3, -0.25) is 0 Å². The smallest absolute Gasteiger partial charge is 0.185 e. The van der Waals surface area contributed by atoms with Crippen LogP contribution in [0.25, 0.3) is 0 Å². The van der Waals surface area contributed by atoms with Crippen molar-refractivity contribution in [3.63, 3.8) is 0 Å². The Kier molecular flexibility index (Phi) is 4.77. The average molecular weight is 364 g/mol. The molecule has 0 spiro atoms. The number of aromatic nitrogens is 1. The molecule has 0 bridgehead atoms. The molecular formula is C18H22ClN3OS. The summed E-state index contributed by atoms with van der Waals surface area (Å²) in [7, 11) is 0. The molecule has 24 heavy (non-hydrogen) atoms. The summed E-state index contributed by atoms with van der Waals surface area (Å²) in [5.74, 6) is 0. The van der Waals surface area contributed by atoms with E-state index in [2.05, 4.69) is 27.7 Å². The molecule has 2 fully saturated rings. The van der Waals surface area contributed by atoms with Gasteiger partial charge in [-0.15, -0.1) is 11.3 Å². The number of halogens is 1. The minimum atomic E-state index is -0.0500. The van der Waals surface area contributed by atoms with Crippen LogP contribution in [-0.2, 0) is 10.2 Å². The molecule has 2 saturated heterocycles. The number of nitrogens with one attached hydrogen (secondary N) is 1. The molecule has 6 heteroatoms. The summed E-state index contributed by atoms with van der Waals surface area (Å²) in [5.41, 5.74) is 2.44. The largest absolute Gasteiger partial charge is 0.381 e. The molecule has 0 saturated carbocycles. The van der Waals surface area contributed by atoms with Gasteiger partial charge in [-0.05, 0) is 30.5 Å². The first-order chi connectivity index (χ1) is 11.8. The standard InChI is InChI=1S/C18H22ClN3OS/c19-15-3-1-14(2-4-15)18(5-11-23-12-6-18)16-13-24-17(21-16)22-9-7-20-8-10-22/h1-4,13,20H,5-12H2. The summed E-state index contributed by atoms with van der Waals surface area (Å²) in [4.78, 5) is 7.45. The van der Waals surface area contributed by atoms with Gasteiger partial charge in [0.2, 0.25) is 0 Å².